The van der Waals surface area contributed by atoms with Crippen LogP contribution in [0.5, 0.6) is 51.7 Å². The molecule has 0 aliphatic heterocycles. The summed E-state index contributed by atoms with van der Waals surface area (Å²) in [4.78, 5) is 11.2. The standard InChI is InChI=1S/C21H26O4.C21H34O2.C20H32O2.C19H30O2.4C10H14O/c1-5-15(2)17-6-9-20(10-7-17)25-16(3)24-14-18-8-11-21(23-4)12-19(18)13-22;1-4-17(2)20-12-14-21(15-13-20)23-18(3)22-16-8-11-19-9-6-5-7-10-19;1-4-16(2)19-10-12-20(13-11-19)22-17(3)21-15-14-18-8-6-5-7-9-18;1-4-15(2)18-10-12-19(13-11-18)21-16(3)20-14-17-8-6-5-7-9-17;4*1-3-8(2)9-4-6-10(11)7-5-9/h6-13,15-16H,5,14H2,1-4H3;12-15,17-19H,4-11,16H2,1-3H3;10-13,16-18H,4-9,14-15H2,1-3H3;10-13,15-17H,4-9,14H2,1-3H3;4*4-8,11H,3H2,1-2H3. The van der Waals surface area contributed by atoms with E-state index in [1.54, 1.807) is 61.7 Å². The van der Waals surface area contributed by atoms with E-state index >= 15 is 0 Å². The minimum absolute atomic E-state index is 0.165. The molecule has 746 valence electrons. The first-order valence-electron chi connectivity index (χ1n) is 51.9. The molecule has 0 bridgehead atoms. The number of phenols is 4. The van der Waals surface area contributed by atoms with Crippen LogP contribution in [0.2, 0.25) is 0 Å². The van der Waals surface area contributed by atoms with Crippen molar-refractivity contribution in [2.24, 2.45) is 17.8 Å². The third-order valence-electron chi connectivity index (χ3n) is 27.4. The Bertz CT molecular complexity index is 4220. The Kier molecular flexibility index (Phi) is 58.4. The van der Waals surface area contributed by atoms with Gasteiger partial charge in [-0.1, -0.05) is 297 Å². The highest BCUT2D eigenvalue weighted by molar-refractivity contribution is 5.78. The van der Waals surface area contributed by atoms with Crippen molar-refractivity contribution in [3.63, 3.8) is 0 Å². The van der Waals surface area contributed by atoms with Crippen molar-refractivity contribution in [2.75, 3.05) is 26.9 Å². The number of carbonyl (C=O) groups is 1. The maximum Gasteiger partial charge on any atom is 0.197 e. The maximum absolute atomic E-state index is 11.2. The van der Waals surface area contributed by atoms with Crippen LogP contribution in [0.1, 0.15) is 413 Å². The molecule has 3 aliphatic carbocycles. The van der Waals surface area contributed by atoms with Gasteiger partial charge in [0.1, 0.15) is 51.7 Å². The lowest BCUT2D eigenvalue weighted by Gasteiger charge is -2.23. The number of benzene rings is 9. The van der Waals surface area contributed by atoms with E-state index in [0.717, 1.165) is 111 Å². The van der Waals surface area contributed by atoms with E-state index in [4.69, 9.17) is 63.1 Å². The molecule has 12 rings (SSSR count). The second-order valence-electron chi connectivity index (χ2n) is 37.9. The van der Waals surface area contributed by atoms with E-state index in [9.17, 15) is 4.79 Å². The van der Waals surface area contributed by atoms with Gasteiger partial charge in [0.25, 0.3) is 0 Å². The Morgan fingerprint density at radius 1 is 0.281 bits per heavy atom. The van der Waals surface area contributed by atoms with Gasteiger partial charge in [0.2, 0.25) is 0 Å². The van der Waals surface area contributed by atoms with Crippen LogP contribution < -0.4 is 23.7 Å². The van der Waals surface area contributed by atoms with Crippen molar-refractivity contribution >= 4 is 6.29 Å². The maximum atomic E-state index is 11.2. The Morgan fingerprint density at radius 2 is 0.519 bits per heavy atom. The number of carbonyl (C=O) groups excluding carboxylic acids is 1. The van der Waals surface area contributed by atoms with Gasteiger partial charge in [0.05, 0.1) is 33.5 Å². The molecule has 3 fully saturated rings. The Hall–Kier alpha value is -9.31. The lowest BCUT2D eigenvalue weighted by atomic mass is 9.86. The average Bonchev–Trinajstić information content (AvgIpc) is 0.855. The number of ether oxygens (including phenoxy) is 9. The number of aldehydes is 1. The molecule has 12 unspecified atom stereocenters. The summed E-state index contributed by atoms with van der Waals surface area (Å²) < 4.78 is 51.7. The largest absolute Gasteiger partial charge is 0.508 e. The van der Waals surface area contributed by atoms with Crippen LogP contribution in [-0.2, 0) is 25.6 Å². The lowest BCUT2D eigenvalue weighted by Crippen LogP contribution is -2.22. The van der Waals surface area contributed by atoms with Crippen LogP contribution in [0, 0.1) is 17.8 Å². The predicted octanol–water partition coefficient (Wildman–Crippen LogP) is 34.3. The summed E-state index contributed by atoms with van der Waals surface area (Å²) in [6.45, 7) is 45.8. The molecule has 0 aromatic heterocycles. The molecule has 14 heteroatoms. The van der Waals surface area contributed by atoms with Crippen molar-refractivity contribution in [1.82, 2.24) is 0 Å². The highest BCUT2D eigenvalue weighted by Gasteiger charge is 2.20. The lowest BCUT2D eigenvalue weighted by molar-refractivity contribution is -0.0820. The summed E-state index contributed by atoms with van der Waals surface area (Å²) in [6, 6.07) is 68.5. The first-order valence-corrected chi connectivity index (χ1v) is 51.9. The molecule has 0 heterocycles. The second kappa shape index (κ2) is 67.8. The van der Waals surface area contributed by atoms with E-state index in [1.807, 2.05) is 100 Å². The molecule has 0 saturated heterocycles. The van der Waals surface area contributed by atoms with Crippen LogP contribution in [0.3, 0.4) is 0 Å². The predicted molar refractivity (Wildman–Crippen MR) is 563 cm³/mol. The smallest absolute Gasteiger partial charge is 0.197 e. The number of methoxy groups -OCH3 is 1. The Balaban J connectivity index is 0.000000278. The SMILES string of the molecule is CCC(C)c1ccc(O)cc1.CCC(C)c1ccc(O)cc1.CCC(C)c1ccc(O)cc1.CCC(C)c1ccc(O)cc1.CCC(C)c1ccc(OC(C)OCC2CCCCC2)cc1.CCC(C)c1ccc(OC(C)OCCC2CCCCC2)cc1.CCC(C)c1ccc(OC(C)OCCCC2CCCCC2)cc1.CCC(C)c1ccc(OC(C)OCc2ccc(OC)cc2C=O)cc1. The molecular formula is C121H178O14. The number of hydrogen-bond donors (Lipinski definition) is 4. The minimum Gasteiger partial charge on any atom is -0.508 e. The molecule has 3 saturated carbocycles. The van der Waals surface area contributed by atoms with Gasteiger partial charge in [-0.15, -0.1) is 0 Å². The number of phenolic OH excluding ortho intramolecular Hbond substituents is 4. The van der Waals surface area contributed by atoms with Gasteiger partial charge in [-0.3, -0.25) is 4.79 Å². The molecule has 135 heavy (non-hydrogen) atoms. The molecule has 12 atom stereocenters. The van der Waals surface area contributed by atoms with E-state index in [-0.39, 0.29) is 18.9 Å². The third kappa shape index (κ3) is 47.5. The van der Waals surface area contributed by atoms with Crippen LogP contribution in [-0.4, -0.2) is 78.8 Å². The fourth-order valence-electron chi connectivity index (χ4n) is 16.2. The summed E-state index contributed by atoms with van der Waals surface area (Å²) >= 11 is 0. The minimum atomic E-state index is -0.420. The fourth-order valence-corrected chi connectivity index (χ4v) is 16.2. The van der Waals surface area contributed by atoms with E-state index < -0.39 is 6.29 Å². The van der Waals surface area contributed by atoms with E-state index in [0.29, 0.717) is 88.3 Å². The number of rotatable bonds is 41. The Morgan fingerprint density at radius 3 is 0.785 bits per heavy atom. The molecule has 14 nitrogen and oxygen atoms in total. The third-order valence-corrected chi connectivity index (χ3v) is 27.4. The molecule has 0 amide bonds. The Labute approximate surface area is 818 Å². The van der Waals surface area contributed by atoms with Gasteiger partial charge in [-0.25, -0.2) is 0 Å². The van der Waals surface area contributed by atoms with E-state index in [1.165, 1.54) is 173 Å². The van der Waals surface area contributed by atoms with Crippen LogP contribution in [0.25, 0.3) is 0 Å². The van der Waals surface area contributed by atoms with Crippen LogP contribution in [0.15, 0.2) is 212 Å². The molecule has 0 spiro atoms. The van der Waals surface area contributed by atoms with Crippen molar-refractivity contribution in [1.29, 1.82) is 0 Å². The normalized spacial score (nSPS) is 15.9. The molecule has 4 N–H and O–H groups in total. The van der Waals surface area contributed by atoms with Crippen LogP contribution in [0.4, 0.5) is 0 Å². The highest BCUT2D eigenvalue weighted by atomic mass is 16.7. The molecule has 0 radical (unpaired) electrons. The summed E-state index contributed by atoms with van der Waals surface area (Å²) in [5.41, 5.74) is 12.0. The summed E-state index contributed by atoms with van der Waals surface area (Å²) in [5.74, 6) is 12.8. The molecule has 9 aromatic rings. The molecule has 3 aliphatic rings. The quantitative estimate of drug-likeness (QED) is 0.0161. The topological polar surface area (TPSA) is 181 Å². The summed E-state index contributed by atoms with van der Waals surface area (Å²) in [7, 11) is 1.57. The number of aromatic hydroxyl groups is 4. The highest BCUT2D eigenvalue weighted by Crippen LogP contribution is 2.34. The van der Waals surface area contributed by atoms with Gasteiger partial charge in [-0.05, 0) is 336 Å². The molecule has 9 aromatic carbocycles. The van der Waals surface area contributed by atoms with Gasteiger partial charge < -0.3 is 63.1 Å². The first kappa shape index (κ1) is 116. The zero-order valence-corrected chi connectivity index (χ0v) is 87.0. The molecular weight excluding hydrogens is 1680 g/mol. The van der Waals surface area contributed by atoms with Gasteiger partial charge in [0.15, 0.2) is 31.4 Å². The van der Waals surface area contributed by atoms with Crippen molar-refractivity contribution in [3.05, 3.63) is 268 Å². The average molecular weight is 1860 g/mol. The van der Waals surface area contributed by atoms with Gasteiger partial charge in [-0.2, -0.15) is 0 Å². The second-order valence-corrected chi connectivity index (χ2v) is 37.9. The van der Waals surface area contributed by atoms with Gasteiger partial charge in [0, 0.05) is 5.56 Å². The number of hydrogen-bond acceptors (Lipinski definition) is 14. The zero-order valence-electron chi connectivity index (χ0n) is 87.0. The van der Waals surface area contributed by atoms with E-state index in [2.05, 4.69) is 196 Å². The monoisotopic (exact) mass is 1860 g/mol. The first-order chi connectivity index (χ1) is 65.1. The zero-order chi connectivity index (χ0) is 98.7. The van der Waals surface area contributed by atoms with Gasteiger partial charge >= 0.3 is 0 Å². The van der Waals surface area contributed by atoms with Crippen molar-refractivity contribution in [3.8, 4) is 51.7 Å². The van der Waals surface area contributed by atoms with Crippen LogP contribution >= 0.6 is 0 Å². The summed E-state index contributed by atoms with van der Waals surface area (Å²) in [6.07, 6.45) is 33.6. The van der Waals surface area contributed by atoms with Crippen molar-refractivity contribution < 1.29 is 67.9 Å². The fraction of sp³-hybridized carbons (Fsp3) is 0.545. The van der Waals surface area contributed by atoms with Crippen molar-refractivity contribution in [2.45, 2.75) is 385 Å². The summed E-state index contributed by atoms with van der Waals surface area (Å²) in [5, 5.41) is 36.0.